The summed E-state index contributed by atoms with van der Waals surface area (Å²) < 4.78 is 4.81. The van der Waals surface area contributed by atoms with Gasteiger partial charge in [-0.25, -0.2) is 0 Å². The Hall–Kier alpha value is -2.74. The fourth-order valence-corrected chi connectivity index (χ4v) is 4.95. The second-order valence-electron chi connectivity index (χ2n) is 7.38. The van der Waals surface area contributed by atoms with E-state index in [-0.39, 0.29) is 24.3 Å². The third-order valence-corrected chi connectivity index (χ3v) is 6.51. The number of carbonyl (C=O) groups excluding carboxylic acids is 3. The first-order valence-corrected chi connectivity index (χ1v) is 11.0. The van der Waals surface area contributed by atoms with E-state index in [9.17, 15) is 14.4 Å². The van der Waals surface area contributed by atoms with Crippen molar-refractivity contribution in [2.45, 2.75) is 39.5 Å². The summed E-state index contributed by atoms with van der Waals surface area (Å²) in [6, 6.07) is 3.39. The van der Waals surface area contributed by atoms with Gasteiger partial charge in [-0.05, 0) is 50.3 Å². The molecule has 30 heavy (non-hydrogen) atoms. The number of fused-ring (bicyclic) bond motifs is 1. The molecule has 0 bridgehead atoms. The number of carbonyl (C=O) groups is 3. The van der Waals surface area contributed by atoms with Gasteiger partial charge in [0.25, 0.3) is 11.8 Å². The van der Waals surface area contributed by atoms with Crippen LogP contribution >= 0.6 is 11.3 Å². The van der Waals surface area contributed by atoms with Crippen LogP contribution in [0.2, 0.25) is 0 Å². The third-order valence-electron chi connectivity index (χ3n) is 5.30. The second-order valence-corrected chi connectivity index (χ2v) is 8.48. The number of anilines is 1. The minimum atomic E-state index is -0.429. The van der Waals surface area contributed by atoms with Crippen molar-refractivity contribution in [2.75, 3.05) is 25.5 Å². The number of amides is 2. The molecular weight excluding hydrogens is 402 g/mol. The molecule has 2 aromatic rings. The zero-order chi connectivity index (χ0) is 21.7. The Balaban J connectivity index is 1.92. The van der Waals surface area contributed by atoms with Crippen molar-refractivity contribution < 1.29 is 19.1 Å². The number of hydrogen-bond acceptors (Lipinski definition) is 6. The Morgan fingerprint density at radius 3 is 2.73 bits per heavy atom. The van der Waals surface area contributed by atoms with Crippen LogP contribution in [0, 0.1) is 5.92 Å². The van der Waals surface area contributed by atoms with Crippen LogP contribution in [0.25, 0.3) is 0 Å². The molecule has 0 fully saturated rings. The molecule has 1 atom stereocenters. The maximum atomic E-state index is 13.5. The number of rotatable bonds is 7. The van der Waals surface area contributed by atoms with E-state index in [1.807, 2.05) is 6.92 Å². The van der Waals surface area contributed by atoms with Gasteiger partial charge in [0.1, 0.15) is 5.00 Å². The SMILES string of the molecule is CCN(CC(C)C(=O)OC)C(=O)c1c(NC(=O)c2cccnc2)sc2c1CCCC2. The lowest BCUT2D eigenvalue weighted by Gasteiger charge is -2.25. The Labute approximate surface area is 180 Å². The predicted molar refractivity (Wildman–Crippen MR) is 116 cm³/mol. The van der Waals surface area contributed by atoms with Gasteiger partial charge in [0.15, 0.2) is 0 Å². The lowest BCUT2D eigenvalue weighted by Crippen LogP contribution is -2.37. The van der Waals surface area contributed by atoms with Gasteiger partial charge in [0.05, 0.1) is 24.2 Å². The third kappa shape index (κ3) is 4.70. The molecule has 160 valence electrons. The summed E-state index contributed by atoms with van der Waals surface area (Å²) in [6.07, 6.45) is 6.93. The van der Waals surface area contributed by atoms with Gasteiger partial charge in [0.2, 0.25) is 0 Å². The quantitative estimate of drug-likeness (QED) is 0.680. The number of aromatic nitrogens is 1. The minimum absolute atomic E-state index is 0.158. The first kappa shape index (κ1) is 22.0. The molecule has 1 unspecified atom stereocenters. The number of aryl methyl sites for hydroxylation is 1. The van der Waals surface area contributed by atoms with E-state index in [1.165, 1.54) is 24.6 Å². The molecule has 1 aliphatic carbocycles. The first-order chi connectivity index (χ1) is 14.5. The molecule has 0 aromatic carbocycles. The van der Waals surface area contributed by atoms with Crippen LogP contribution in [0.5, 0.6) is 0 Å². The normalized spacial score (nSPS) is 13.8. The van der Waals surface area contributed by atoms with Gasteiger partial charge in [-0.3, -0.25) is 19.4 Å². The second kappa shape index (κ2) is 9.84. The van der Waals surface area contributed by atoms with E-state index in [0.717, 1.165) is 36.1 Å². The van der Waals surface area contributed by atoms with E-state index >= 15 is 0 Å². The fourth-order valence-electron chi connectivity index (χ4n) is 3.67. The van der Waals surface area contributed by atoms with Crippen LogP contribution in [0.4, 0.5) is 5.00 Å². The van der Waals surface area contributed by atoms with E-state index in [1.54, 1.807) is 30.2 Å². The number of thiophene rings is 1. The molecule has 3 rings (SSSR count). The van der Waals surface area contributed by atoms with Crippen LogP contribution in [-0.2, 0) is 22.4 Å². The Morgan fingerprint density at radius 1 is 1.30 bits per heavy atom. The molecule has 1 aliphatic rings. The topological polar surface area (TPSA) is 88.6 Å². The van der Waals surface area contributed by atoms with Crippen molar-refractivity contribution in [2.24, 2.45) is 5.92 Å². The number of esters is 1. The molecule has 0 aliphatic heterocycles. The highest BCUT2D eigenvalue weighted by Crippen LogP contribution is 2.39. The van der Waals surface area contributed by atoms with E-state index in [4.69, 9.17) is 4.74 Å². The average Bonchev–Trinajstić information content (AvgIpc) is 3.14. The maximum absolute atomic E-state index is 13.5. The number of ether oxygens (including phenoxy) is 1. The molecule has 2 amide bonds. The van der Waals surface area contributed by atoms with Crippen LogP contribution in [0.1, 0.15) is 57.8 Å². The molecule has 2 aromatic heterocycles. The van der Waals surface area contributed by atoms with Crippen molar-refractivity contribution in [1.82, 2.24) is 9.88 Å². The summed E-state index contributed by atoms with van der Waals surface area (Å²) in [5.41, 5.74) is 2.03. The average molecular weight is 430 g/mol. The van der Waals surface area contributed by atoms with Gasteiger partial charge in [-0.1, -0.05) is 6.92 Å². The van der Waals surface area contributed by atoms with Gasteiger partial charge in [-0.2, -0.15) is 0 Å². The van der Waals surface area contributed by atoms with Gasteiger partial charge >= 0.3 is 5.97 Å². The first-order valence-electron chi connectivity index (χ1n) is 10.2. The molecule has 2 heterocycles. The standard InChI is InChI=1S/C22H27N3O4S/c1-4-25(13-14(2)22(28)29-3)21(27)18-16-9-5-6-10-17(16)30-20(18)24-19(26)15-8-7-11-23-12-15/h7-8,11-12,14H,4-6,9-10,13H2,1-3H3,(H,24,26). The minimum Gasteiger partial charge on any atom is -0.469 e. The smallest absolute Gasteiger partial charge is 0.310 e. The predicted octanol–water partition coefficient (Wildman–Crippen LogP) is 3.55. The molecule has 1 N–H and O–H groups in total. The van der Waals surface area contributed by atoms with Crippen LogP contribution in [0.15, 0.2) is 24.5 Å². The van der Waals surface area contributed by atoms with Gasteiger partial charge in [-0.15, -0.1) is 11.3 Å². The van der Waals surface area contributed by atoms with Crippen LogP contribution < -0.4 is 5.32 Å². The molecule has 0 radical (unpaired) electrons. The number of nitrogens with one attached hydrogen (secondary N) is 1. The van der Waals surface area contributed by atoms with Crippen LogP contribution in [0.3, 0.4) is 0 Å². The highest BCUT2D eigenvalue weighted by atomic mass is 32.1. The molecule has 7 nitrogen and oxygen atoms in total. The Kier molecular flexibility index (Phi) is 7.20. The Bertz CT molecular complexity index is 926. The molecule has 0 saturated heterocycles. The summed E-state index contributed by atoms with van der Waals surface area (Å²) in [5.74, 6) is -1.23. The van der Waals surface area contributed by atoms with Crippen molar-refractivity contribution in [3.8, 4) is 0 Å². The summed E-state index contributed by atoms with van der Waals surface area (Å²) >= 11 is 1.48. The number of pyridine rings is 1. The lowest BCUT2D eigenvalue weighted by molar-refractivity contribution is -0.145. The van der Waals surface area contributed by atoms with Crippen molar-refractivity contribution >= 4 is 34.1 Å². The summed E-state index contributed by atoms with van der Waals surface area (Å²) in [6.45, 7) is 4.36. The lowest BCUT2D eigenvalue weighted by atomic mass is 9.94. The molecule has 0 saturated carbocycles. The molecular formula is C22H27N3O4S. The fraction of sp³-hybridized carbons (Fsp3) is 0.455. The Morgan fingerprint density at radius 2 is 2.07 bits per heavy atom. The number of methoxy groups -OCH3 is 1. The van der Waals surface area contributed by atoms with E-state index in [2.05, 4.69) is 10.3 Å². The van der Waals surface area contributed by atoms with E-state index in [0.29, 0.717) is 22.7 Å². The highest BCUT2D eigenvalue weighted by molar-refractivity contribution is 7.17. The summed E-state index contributed by atoms with van der Waals surface area (Å²) in [7, 11) is 1.35. The zero-order valence-electron chi connectivity index (χ0n) is 17.6. The van der Waals surface area contributed by atoms with Crippen molar-refractivity contribution in [3.05, 3.63) is 46.1 Å². The van der Waals surface area contributed by atoms with Crippen molar-refractivity contribution in [1.29, 1.82) is 0 Å². The largest absolute Gasteiger partial charge is 0.469 e. The van der Waals surface area contributed by atoms with E-state index < -0.39 is 5.92 Å². The number of nitrogens with zero attached hydrogens (tertiary/aromatic N) is 2. The van der Waals surface area contributed by atoms with Crippen molar-refractivity contribution in [3.63, 3.8) is 0 Å². The van der Waals surface area contributed by atoms with Crippen LogP contribution in [-0.4, -0.2) is 47.9 Å². The summed E-state index contributed by atoms with van der Waals surface area (Å²) in [5, 5.41) is 3.51. The van der Waals surface area contributed by atoms with Gasteiger partial charge in [0, 0.05) is 30.4 Å². The molecule has 8 heteroatoms. The maximum Gasteiger partial charge on any atom is 0.310 e. The monoisotopic (exact) mass is 429 g/mol. The zero-order valence-corrected chi connectivity index (χ0v) is 18.4. The number of hydrogen-bond donors (Lipinski definition) is 1. The molecule has 0 spiro atoms. The highest BCUT2D eigenvalue weighted by Gasteiger charge is 2.30. The summed E-state index contributed by atoms with van der Waals surface area (Å²) in [4.78, 5) is 44.9. The van der Waals surface area contributed by atoms with Gasteiger partial charge < -0.3 is 15.0 Å².